The number of pyridine rings is 1. The molecule has 0 atom stereocenters. The molecule has 1 aliphatic rings. The molecule has 5 rings (SSSR count). The van der Waals surface area contributed by atoms with Crippen LogP contribution >= 0.6 is 11.3 Å². The van der Waals surface area contributed by atoms with Crippen LogP contribution in [0.25, 0.3) is 22.0 Å². The lowest BCUT2D eigenvalue weighted by molar-refractivity contribution is -0.140. The van der Waals surface area contributed by atoms with Crippen molar-refractivity contribution in [2.75, 3.05) is 23.3 Å². The maximum absolute atomic E-state index is 13.3. The third-order valence-electron chi connectivity index (χ3n) is 5.82. The van der Waals surface area contributed by atoms with Gasteiger partial charge >= 0.3 is 6.18 Å². The Morgan fingerprint density at radius 1 is 1.15 bits per heavy atom. The lowest BCUT2D eigenvalue weighted by Gasteiger charge is -2.33. The summed E-state index contributed by atoms with van der Waals surface area (Å²) in [6.45, 7) is 1.30. The number of carbonyl (C=O) groups excluding carboxylic acids is 1. The van der Waals surface area contributed by atoms with E-state index in [0.717, 1.165) is 11.1 Å². The minimum absolute atomic E-state index is 0.00299. The van der Waals surface area contributed by atoms with E-state index in [1.165, 1.54) is 17.5 Å². The summed E-state index contributed by atoms with van der Waals surface area (Å²) in [7, 11) is 0. The summed E-state index contributed by atoms with van der Waals surface area (Å²) in [5.41, 5.74) is 1.11. The predicted octanol–water partition coefficient (Wildman–Crippen LogP) is 4.96. The largest absolute Gasteiger partial charge is 0.433 e. The molecule has 0 aliphatic carbocycles. The lowest BCUT2D eigenvalue weighted by atomic mass is 9.95. The number of halogens is 3. The van der Waals surface area contributed by atoms with Crippen molar-refractivity contribution in [2.24, 2.45) is 5.92 Å². The lowest BCUT2D eigenvalue weighted by Crippen LogP contribution is -2.38. The highest BCUT2D eigenvalue weighted by Crippen LogP contribution is 2.38. The maximum atomic E-state index is 13.3. The summed E-state index contributed by atoms with van der Waals surface area (Å²) in [4.78, 5) is 23.2. The Balaban J connectivity index is 1.39. The molecule has 3 aromatic heterocycles. The van der Waals surface area contributed by atoms with Gasteiger partial charge in [0.1, 0.15) is 5.69 Å². The number of carbonyl (C=O) groups is 1. The fourth-order valence-corrected chi connectivity index (χ4v) is 4.70. The van der Waals surface area contributed by atoms with Gasteiger partial charge in [-0.25, -0.2) is 4.98 Å². The third kappa shape index (κ3) is 4.28. The van der Waals surface area contributed by atoms with E-state index in [9.17, 15) is 18.0 Å². The molecule has 4 aromatic rings. The Bertz CT molecular complexity index is 1280. The van der Waals surface area contributed by atoms with Crippen molar-refractivity contribution in [3.8, 4) is 11.1 Å². The molecule has 1 fully saturated rings. The van der Waals surface area contributed by atoms with E-state index in [0.29, 0.717) is 42.1 Å². The van der Waals surface area contributed by atoms with Gasteiger partial charge < -0.3 is 10.2 Å². The number of hydrogen-bond acceptors (Lipinski definition) is 6. The molecule has 7 nitrogen and oxygen atoms in total. The van der Waals surface area contributed by atoms with Crippen molar-refractivity contribution in [1.29, 1.82) is 0 Å². The van der Waals surface area contributed by atoms with E-state index in [1.54, 1.807) is 30.6 Å². The highest BCUT2D eigenvalue weighted by atomic mass is 32.1. The highest BCUT2D eigenvalue weighted by Gasteiger charge is 2.36. The average Bonchev–Trinajstić information content (AvgIpc) is 3.50. The minimum atomic E-state index is -4.53. The number of hydrogen-bond donors (Lipinski definition) is 2. The van der Waals surface area contributed by atoms with Crippen LogP contribution in [0.4, 0.5) is 24.0 Å². The van der Waals surface area contributed by atoms with Crippen LogP contribution in [0.2, 0.25) is 0 Å². The minimum Gasteiger partial charge on any atom is -0.371 e. The smallest absolute Gasteiger partial charge is 0.371 e. The second kappa shape index (κ2) is 8.47. The fraction of sp³-hybridized carbons (Fsp3) is 0.273. The third-order valence-corrected chi connectivity index (χ3v) is 6.51. The molecule has 0 radical (unpaired) electrons. The monoisotopic (exact) mass is 472 g/mol. The van der Waals surface area contributed by atoms with E-state index in [-0.39, 0.29) is 17.4 Å². The summed E-state index contributed by atoms with van der Waals surface area (Å²) >= 11 is 1.38. The number of alkyl halides is 3. The van der Waals surface area contributed by atoms with Crippen LogP contribution < -0.4 is 10.2 Å². The molecule has 1 amide bonds. The van der Waals surface area contributed by atoms with Gasteiger partial charge in [-0.3, -0.25) is 14.9 Å². The number of amides is 1. The second-order valence-corrected chi connectivity index (χ2v) is 8.70. The Morgan fingerprint density at radius 3 is 2.70 bits per heavy atom. The molecular weight excluding hydrogens is 453 g/mol. The van der Waals surface area contributed by atoms with Crippen molar-refractivity contribution in [3.05, 3.63) is 53.9 Å². The number of thiazole rings is 1. The van der Waals surface area contributed by atoms with Crippen molar-refractivity contribution in [3.63, 3.8) is 0 Å². The van der Waals surface area contributed by atoms with Crippen LogP contribution in [-0.4, -0.2) is 39.2 Å². The van der Waals surface area contributed by atoms with Crippen LogP contribution in [0.3, 0.4) is 0 Å². The first-order chi connectivity index (χ1) is 15.9. The summed E-state index contributed by atoms with van der Waals surface area (Å²) in [5, 5.41) is 11.7. The van der Waals surface area contributed by atoms with E-state index in [2.05, 4.69) is 30.4 Å². The molecular formula is C22H19F3N6OS. The van der Waals surface area contributed by atoms with Crippen molar-refractivity contribution >= 4 is 39.0 Å². The number of aromatic nitrogens is 4. The van der Waals surface area contributed by atoms with Crippen LogP contribution in [0.1, 0.15) is 18.5 Å². The normalized spacial score (nSPS) is 15.2. The van der Waals surface area contributed by atoms with Gasteiger partial charge in [0.25, 0.3) is 0 Å². The Morgan fingerprint density at radius 2 is 1.97 bits per heavy atom. The molecule has 2 N–H and O–H groups in total. The number of piperidine rings is 1. The zero-order chi connectivity index (χ0) is 23.0. The molecule has 0 saturated carbocycles. The molecule has 4 heterocycles. The number of rotatable bonds is 4. The molecule has 0 bridgehead atoms. The summed E-state index contributed by atoms with van der Waals surface area (Å²) < 4.78 is 40.0. The Hall–Kier alpha value is -3.47. The maximum Gasteiger partial charge on any atom is 0.433 e. The van der Waals surface area contributed by atoms with Gasteiger partial charge in [0.2, 0.25) is 5.91 Å². The van der Waals surface area contributed by atoms with Crippen molar-refractivity contribution < 1.29 is 18.0 Å². The number of fused-ring (bicyclic) bond motifs is 1. The Kier molecular flexibility index (Phi) is 5.49. The van der Waals surface area contributed by atoms with Crippen LogP contribution in [0.5, 0.6) is 0 Å². The van der Waals surface area contributed by atoms with Crippen LogP contribution in [0.15, 0.2) is 48.2 Å². The zero-order valence-corrected chi connectivity index (χ0v) is 18.1. The standard InChI is InChI=1S/C22H19F3N6OS/c23-22(24,25)19-16(12-28-30-19)14-1-2-17-15(11-14)18(3-6-26-17)31-8-4-13(5-9-31)20(32)29-21-27-7-10-33-21/h1-3,6-7,10-13H,4-5,8-9H2,(H,28,30)(H,27,29,32). The number of nitrogens with one attached hydrogen (secondary N) is 2. The van der Waals surface area contributed by atoms with Gasteiger partial charge in [-0.2, -0.15) is 18.3 Å². The summed E-state index contributed by atoms with van der Waals surface area (Å²) in [5.74, 6) is -0.153. The molecule has 1 aliphatic heterocycles. The van der Waals surface area contributed by atoms with Crippen molar-refractivity contribution in [1.82, 2.24) is 20.2 Å². The van der Waals surface area contributed by atoms with Gasteiger partial charge in [-0.05, 0) is 36.6 Å². The van der Waals surface area contributed by atoms with Gasteiger partial charge in [-0.1, -0.05) is 6.07 Å². The highest BCUT2D eigenvalue weighted by molar-refractivity contribution is 7.13. The second-order valence-electron chi connectivity index (χ2n) is 7.81. The molecule has 1 saturated heterocycles. The summed E-state index contributed by atoms with van der Waals surface area (Å²) in [6, 6.07) is 6.92. The molecule has 33 heavy (non-hydrogen) atoms. The van der Waals surface area contributed by atoms with E-state index in [4.69, 9.17) is 0 Å². The van der Waals surface area contributed by atoms with Crippen LogP contribution in [0, 0.1) is 5.92 Å². The van der Waals surface area contributed by atoms with Gasteiger partial charge in [0.05, 0.1) is 11.7 Å². The number of H-pyrrole nitrogens is 1. The van der Waals surface area contributed by atoms with Crippen molar-refractivity contribution in [2.45, 2.75) is 19.0 Å². The molecule has 1 aromatic carbocycles. The first kappa shape index (κ1) is 21.4. The molecule has 170 valence electrons. The first-order valence-electron chi connectivity index (χ1n) is 10.3. The quantitative estimate of drug-likeness (QED) is 0.439. The number of anilines is 2. The molecule has 11 heteroatoms. The van der Waals surface area contributed by atoms with E-state index >= 15 is 0 Å². The van der Waals surface area contributed by atoms with E-state index in [1.807, 2.05) is 11.4 Å². The van der Waals surface area contributed by atoms with E-state index < -0.39 is 11.9 Å². The summed E-state index contributed by atoms with van der Waals surface area (Å²) in [6.07, 6.45) is 1.33. The number of aromatic amines is 1. The van der Waals surface area contributed by atoms with Gasteiger partial charge in [0.15, 0.2) is 5.13 Å². The van der Waals surface area contributed by atoms with Gasteiger partial charge in [-0.15, -0.1) is 11.3 Å². The van der Waals surface area contributed by atoms with Gasteiger partial charge in [0, 0.05) is 53.4 Å². The molecule has 0 spiro atoms. The Labute approximate surface area is 190 Å². The SMILES string of the molecule is O=C(Nc1nccs1)C1CCN(c2ccnc3ccc(-c4cn[nH]c4C(F)(F)F)cc23)CC1. The topological polar surface area (TPSA) is 86.8 Å². The zero-order valence-electron chi connectivity index (χ0n) is 17.3. The number of nitrogens with zero attached hydrogens (tertiary/aromatic N) is 4. The fourth-order valence-electron chi connectivity index (χ4n) is 4.17. The van der Waals surface area contributed by atoms with Crippen LogP contribution in [-0.2, 0) is 11.0 Å². The predicted molar refractivity (Wildman–Crippen MR) is 120 cm³/mol. The molecule has 0 unspecified atom stereocenters. The first-order valence-corrected chi connectivity index (χ1v) is 11.2. The average molecular weight is 472 g/mol. The number of benzene rings is 1.